The highest BCUT2D eigenvalue weighted by Gasteiger charge is 2.34. The average Bonchev–Trinajstić information content (AvgIpc) is 2.65. The van der Waals surface area contributed by atoms with Gasteiger partial charge in [0.05, 0.1) is 17.2 Å². The number of imidazole rings is 1. The van der Waals surface area contributed by atoms with E-state index in [1.165, 1.54) is 31.2 Å². The minimum Gasteiger partial charge on any atom is -0.329 e. The number of nitrogens with zero attached hydrogens (tertiary/aromatic N) is 2. The van der Waals surface area contributed by atoms with Gasteiger partial charge >= 0.3 is 0 Å². The van der Waals surface area contributed by atoms with Crippen LogP contribution in [-0.4, -0.2) is 14.5 Å². The molecule has 96 valence electrons. The van der Waals surface area contributed by atoms with Gasteiger partial charge in [0.1, 0.15) is 0 Å². The lowest BCUT2D eigenvalue weighted by molar-refractivity contribution is 0.146. The van der Waals surface area contributed by atoms with Gasteiger partial charge in [0.25, 0.3) is 0 Å². The third-order valence-electron chi connectivity index (χ3n) is 4.28. The van der Waals surface area contributed by atoms with Gasteiger partial charge in [-0.05, 0) is 36.5 Å². The van der Waals surface area contributed by atoms with Crippen LogP contribution in [0.3, 0.4) is 0 Å². The monoisotopic (exact) mass is 261 g/mol. The maximum atomic E-state index is 5.52. The molecule has 1 aliphatic carbocycles. The zero-order valence-corrected chi connectivity index (χ0v) is 11.8. The Kier molecular flexibility index (Phi) is 2.77. The minimum absolute atomic E-state index is 0.314. The van der Waals surface area contributed by atoms with Gasteiger partial charge in [-0.15, -0.1) is 0 Å². The molecule has 1 atom stereocenters. The SMILES string of the molecule is CC1(C)CCCCC1n1c(=S)[nH]c2cnccc21. The summed E-state index contributed by atoms with van der Waals surface area (Å²) >= 11 is 5.52. The molecule has 1 aliphatic rings. The molecule has 3 nitrogen and oxygen atoms in total. The van der Waals surface area contributed by atoms with E-state index in [0.29, 0.717) is 11.5 Å². The Hall–Kier alpha value is -1.16. The standard InChI is InChI=1S/C14H19N3S/c1-14(2)7-4-3-5-12(14)17-11-6-8-15-9-10(11)16-13(17)18/h6,8-9,12H,3-5,7H2,1-2H3,(H,16,18). The predicted molar refractivity (Wildman–Crippen MR) is 76.2 cm³/mol. The number of nitrogens with one attached hydrogen (secondary N) is 1. The van der Waals surface area contributed by atoms with Gasteiger partial charge in [0, 0.05) is 12.2 Å². The number of hydrogen-bond acceptors (Lipinski definition) is 2. The number of aromatic amines is 1. The second-order valence-corrected chi connectivity index (χ2v) is 6.33. The predicted octanol–water partition coefficient (Wildman–Crippen LogP) is 4.24. The first-order valence-corrected chi connectivity index (χ1v) is 7.05. The summed E-state index contributed by atoms with van der Waals surface area (Å²) < 4.78 is 3.14. The van der Waals surface area contributed by atoms with Gasteiger partial charge in [-0.25, -0.2) is 0 Å². The summed E-state index contributed by atoms with van der Waals surface area (Å²) in [5, 5.41) is 0. The summed E-state index contributed by atoms with van der Waals surface area (Å²) in [6.07, 6.45) is 8.83. The van der Waals surface area contributed by atoms with Gasteiger partial charge in [-0.1, -0.05) is 26.7 Å². The second-order valence-electron chi connectivity index (χ2n) is 5.94. The highest BCUT2D eigenvalue weighted by molar-refractivity contribution is 7.71. The van der Waals surface area contributed by atoms with Crippen LogP contribution in [0.25, 0.3) is 11.0 Å². The maximum Gasteiger partial charge on any atom is 0.178 e. The molecule has 1 saturated carbocycles. The van der Waals surface area contributed by atoms with E-state index in [-0.39, 0.29) is 0 Å². The Morgan fingerprint density at radius 1 is 1.44 bits per heavy atom. The average molecular weight is 261 g/mol. The quantitative estimate of drug-likeness (QED) is 0.779. The van der Waals surface area contributed by atoms with Crippen molar-refractivity contribution in [3.05, 3.63) is 23.2 Å². The molecule has 4 heteroatoms. The largest absolute Gasteiger partial charge is 0.329 e. The van der Waals surface area contributed by atoms with Gasteiger partial charge in [0.2, 0.25) is 0 Å². The fraction of sp³-hybridized carbons (Fsp3) is 0.571. The van der Waals surface area contributed by atoms with Gasteiger partial charge in [-0.2, -0.15) is 0 Å². The molecule has 1 fully saturated rings. The van der Waals surface area contributed by atoms with E-state index in [9.17, 15) is 0 Å². The molecule has 3 rings (SSSR count). The van der Waals surface area contributed by atoms with E-state index >= 15 is 0 Å². The lowest BCUT2D eigenvalue weighted by Gasteiger charge is -2.39. The number of H-pyrrole nitrogens is 1. The third-order valence-corrected chi connectivity index (χ3v) is 4.58. The smallest absolute Gasteiger partial charge is 0.178 e. The zero-order valence-electron chi connectivity index (χ0n) is 10.9. The Morgan fingerprint density at radius 2 is 2.28 bits per heavy atom. The summed E-state index contributed by atoms with van der Waals surface area (Å²) in [5.74, 6) is 0. The van der Waals surface area contributed by atoms with Crippen LogP contribution in [0.2, 0.25) is 0 Å². The number of aromatic nitrogens is 3. The maximum absolute atomic E-state index is 5.52. The summed E-state index contributed by atoms with van der Waals surface area (Å²) in [5.41, 5.74) is 2.55. The molecule has 2 aromatic heterocycles. The van der Waals surface area contributed by atoms with E-state index in [0.717, 1.165) is 10.3 Å². The molecule has 1 unspecified atom stereocenters. The van der Waals surface area contributed by atoms with Crippen LogP contribution in [0.4, 0.5) is 0 Å². The van der Waals surface area contributed by atoms with Crippen LogP contribution in [0.15, 0.2) is 18.5 Å². The van der Waals surface area contributed by atoms with E-state index in [4.69, 9.17) is 12.2 Å². The molecule has 0 bridgehead atoms. The van der Waals surface area contributed by atoms with Crippen LogP contribution in [0.1, 0.15) is 45.6 Å². The van der Waals surface area contributed by atoms with Crippen LogP contribution in [-0.2, 0) is 0 Å². The Balaban J connectivity index is 2.19. The zero-order chi connectivity index (χ0) is 12.8. The summed E-state index contributed by atoms with van der Waals surface area (Å²) in [4.78, 5) is 7.44. The molecule has 18 heavy (non-hydrogen) atoms. The lowest BCUT2D eigenvalue weighted by atomic mass is 9.73. The highest BCUT2D eigenvalue weighted by atomic mass is 32.1. The summed E-state index contributed by atoms with van der Waals surface area (Å²) in [6, 6.07) is 2.56. The second kappa shape index (κ2) is 4.19. The first kappa shape index (κ1) is 11.9. The molecule has 0 radical (unpaired) electrons. The summed E-state index contributed by atoms with van der Waals surface area (Å²) in [6.45, 7) is 4.72. The van der Waals surface area contributed by atoms with Crippen LogP contribution >= 0.6 is 12.2 Å². The van der Waals surface area contributed by atoms with Gasteiger partial charge in [0.15, 0.2) is 4.77 Å². The van der Waals surface area contributed by atoms with Gasteiger partial charge < -0.3 is 9.55 Å². The van der Waals surface area contributed by atoms with Crippen molar-refractivity contribution in [1.82, 2.24) is 14.5 Å². The van der Waals surface area contributed by atoms with Crippen LogP contribution in [0.5, 0.6) is 0 Å². The first-order valence-electron chi connectivity index (χ1n) is 6.64. The topological polar surface area (TPSA) is 33.6 Å². The molecular formula is C14H19N3S. The van der Waals surface area contributed by atoms with Crippen molar-refractivity contribution in [1.29, 1.82) is 0 Å². The van der Waals surface area contributed by atoms with Crippen molar-refractivity contribution >= 4 is 23.3 Å². The molecule has 0 amide bonds. The Morgan fingerprint density at radius 3 is 3.06 bits per heavy atom. The highest BCUT2D eigenvalue weighted by Crippen LogP contribution is 2.44. The van der Waals surface area contributed by atoms with E-state index in [1.807, 2.05) is 12.4 Å². The third kappa shape index (κ3) is 1.79. The molecular weight excluding hydrogens is 242 g/mol. The van der Waals surface area contributed by atoms with Crippen molar-refractivity contribution in [3.8, 4) is 0 Å². The normalized spacial score (nSPS) is 23.3. The summed E-state index contributed by atoms with van der Waals surface area (Å²) in [7, 11) is 0. The lowest BCUT2D eigenvalue weighted by Crippen LogP contribution is -2.30. The van der Waals surface area contributed by atoms with E-state index in [2.05, 4.69) is 34.4 Å². The Bertz CT molecular complexity index is 623. The van der Waals surface area contributed by atoms with E-state index < -0.39 is 0 Å². The molecule has 0 spiro atoms. The fourth-order valence-corrected chi connectivity index (χ4v) is 3.58. The fourth-order valence-electron chi connectivity index (χ4n) is 3.24. The molecule has 0 aromatic carbocycles. The van der Waals surface area contributed by atoms with Crippen LogP contribution < -0.4 is 0 Å². The first-order chi connectivity index (χ1) is 8.59. The van der Waals surface area contributed by atoms with E-state index in [1.54, 1.807) is 0 Å². The number of hydrogen-bond donors (Lipinski definition) is 1. The van der Waals surface area contributed by atoms with Crippen LogP contribution in [0, 0.1) is 10.2 Å². The molecule has 2 aromatic rings. The molecule has 0 saturated heterocycles. The van der Waals surface area contributed by atoms with Crippen molar-refractivity contribution in [2.45, 2.75) is 45.6 Å². The van der Waals surface area contributed by atoms with Crippen molar-refractivity contribution in [2.24, 2.45) is 5.41 Å². The number of rotatable bonds is 1. The molecule has 2 heterocycles. The van der Waals surface area contributed by atoms with Crippen molar-refractivity contribution < 1.29 is 0 Å². The van der Waals surface area contributed by atoms with Crippen molar-refractivity contribution in [2.75, 3.05) is 0 Å². The Labute approximate surface area is 112 Å². The number of pyridine rings is 1. The van der Waals surface area contributed by atoms with Crippen molar-refractivity contribution in [3.63, 3.8) is 0 Å². The number of fused-ring (bicyclic) bond motifs is 1. The molecule has 0 aliphatic heterocycles. The minimum atomic E-state index is 0.314. The molecule has 1 N–H and O–H groups in total. The van der Waals surface area contributed by atoms with Gasteiger partial charge in [-0.3, -0.25) is 4.98 Å².